The standard InChI is InChI=1S/C24H32ClN3O3SSi/c1-24(2,3)33(4,5)31-18-11-13-28(14-12-18)32(29,30)22-16-21-20(15-19(22)25)26-23(27-21)17-9-7-6-8-10-17/h6-10,15-16,18H,11-14H2,1-5H3,(H,26,27). The number of rotatable bonds is 5. The second kappa shape index (κ2) is 8.81. The van der Waals surface area contributed by atoms with E-state index in [1.54, 1.807) is 12.1 Å². The van der Waals surface area contributed by atoms with Crippen LogP contribution in [-0.4, -0.2) is 50.2 Å². The number of halogens is 1. The van der Waals surface area contributed by atoms with Crippen LogP contribution in [0.4, 0.5) is 0 Å². The molecule has 1 aliphatic rings. The largest absolute Gasteiger partial charge is 0.414 e. The maximum Gasteiger partial charge on any atom is 0.244 e. The van der Waals surface area contributed by atoms with Crippen molar-refractivity contribution in [2.75, 3.05) is 13.1 Å². The molecule has 0 spiro atoms. The molecule has 2 heterocycles. The van der Waals surface area contributed by atoms with E-state index in [1.165, 1.54) is 4.31 Å². The van der Waals surface area contributed by atoms with Gasteiger partial charge in [0.25, 0.3) is 0 Å². The molecule has 0 radical (unpaired) electrons. The van der Waals surface area contributed by atoms with Crippen LogP contribution in [-0.2, 0) is 14.4 Å². The summed E-state index contributed by atoms with van der Waals surface area (Å²) < 4.78 is 34.9. The SMILES string of the molecule is CC(C)(C)[Si](C)(C)OC1CCN(S(=O)(=O)c2cc3nc(-c4ccccc4)[nH]c3cc2Cl)CC1. The monoisotopic (exact) mass is 505 g/mol. The van der Waals surface area contributed by atoms with Crippen molar-refractivity contribution < 1.29 is 12.8 Å². The minimum absolute atomic E-state index is 0.0927. The van der Waals surface area contributed by atoms with Crippen LogP contribution in [0.2, 0.25) is 23.2 Å². The molecule has 4 rings (SSSR count). The van der Waals surface area contributed by atoms with Gasteiger partial charge in [-0.3, -0.25) is 0 Å². The van der Waals surface area contributed by atoms with Gasteiger partial charge in [-0.25, -0.2) is 13.4 Å². The Labute approximate surface area is 202 Å². The molecule has 0 atom stereocenters. The van der Waals surface area contributed by atoms with Crippen molar-refractivity contribution in [1.29, 1.82) is 0 Å². The van der Waals surface area contributed by atoms with Crippen LogP contribution in [0.15, 0.2) is 47.4 Å². The molecule has 1 N–H and O–H groups in total. The normalized spacial score (nSPS) is 17.0. The summed E-state index contributed by atoms with van der Waals surface area (Å²) in [6.07, 6.45) is 1.47. The molecule has 1 aliphatic heterocycles. The number of H-pyrrole nitrogens is 1. The average molecular weight is 506 g/mol. The van der Waals surface area contributed by atoms with Gasteiger partial charge in [0.1, 0.15) is 10.7 Å². The average Bonchev–Trinajstić information content (AvgIpc) is 3.16. The lowest BCUT2D eigenvalue weighted by atomic mass is 10.1. The fourth-order valence-corrected chi connectivity index (χ4v) is 7.28. The maximum atomic E-state index is 13.5. The molecule has 1 fully saturated rings. The van der Waals surface area contributed by atoms with Crippen molar-refractivity contribution in [3.63, 3.8) is 0 Å². The number of hydrogen-bond acceptors (Lipinski definition) is 4. The number of sulfonamides is 1. The van der Waals surface area contributed by atoms with E-state index in [-0.39, 0.29) is 21.1 Å². The highest BCUT2D eigenvalue weighted by Crippen LogP contribution is 2.39. The van der Waals surface area contributed by atoms with Crippen molar-refractivity contribution in [3.05, 3.63) is 47.5 Å². The van der Waals surface area contributed by atoms with E-state index in [9.17, 15) is 8.42 Å². The zero-order valence-corrected chi connectivity index (χ0v) is 22.4. The second-order valence-electron chi connectivity index (χ2n) is 10.2. The molecule has 6 nitrogen and oxygen atoms in total. The van der Waals surface area contributed by atoms with Crippen LogP contribution < -0.4 is 0 Å². The first-order chi connectivity index (χ1) is 15.4. The van der Waals surface area contributed by atoms with Crippen LogP contribution in [0.25, 0.3) is 22.4 Å². The van der Waals surface area contributed by atoms with Crippen LogP contribution >= 0.6 is 11.6 Å². The van der Waals surface area contributed by atoms with Gasteiger partial charge < -0.3 is 9.41 Å². The zero-order valence-electron chi connectivity index (χ0n) is 19.9. The summed E-state index contributed by atoms with van der Waals surface area (Å²) in [7, 11) is -5.62. The van der Waals surface area contributed by atoms with Crippen molar-refractivity contribution in [1.82, 2.24) is 14.3 Å². The molecular formula is C24H32ClN3O3SSi. The predicted octanol–water partition coefficient (Wildman–Crippen LogP) is 6.06. The van der Waals surface area contributed by atoms with Gasteiger partial charge in [0, 0.05) is 24.8 Å². The third-order valence-corrected chi connectivity index (χ3v) is 13.8. The summed E-state index contributed by atoms with van der Waals surface area (Å²) >= 11 is 6.46. The van der Waals surface area contributed by atoms with Crippen molar-refractivity contribution in [2.24, 2.45) is 0 Å². The molecule has 0 unspecified atom stereocenters. The lowest BCUT2D eigenvalue weighted by Crippen LogP contribution is -2.48. The third-order valence-electron chi connectivity index (χ3n) is 6.87. The van der Waals surface area contributed by atoms with Gasteiger partial charge in [0.2, 0.25) is 10.0 Å². The topological polar surface area (TPSA) is 75.3 Å². The molecular weight excluding hydrogens is 474 g/mol. The van der Waals surface area contributed by atoms with Gasteiger partial charge in [-0.2, -0.15) is 4.31 Å². The number of piperidine rings is 1. The highest BCUT2D eigenvalue weighted by Gasteiger charge is 2.40. The minimum Gasteiger partial charge on any atom is -0.414 e. The molecule has 1 saturated heterocycles. The number of aromatic amines is 1. The Balaban J connectivity index is 1.54. The van der Waals surface area contributed by atoms with Gasteiger partial charge >= 0.3 is 0 Å². The summed E-state index contributed by atoms with van der Waals surface area (Å²) in [6.45, 7) is 12.0. The second-order valence-corrected chi connectivity index (χ2v) is 17.3. The third kappa shape index (κ3) is 4.91. The van der Waals surface area contributed by atoms with Crippen molar-refractivity contribution in [2.45, 2.75) is 62.7 Å². The van der Waals surface area contributed by atoms with Crippen LogP contribution in [0, 0.1) is 0 Å². The lowest BCUT2D eigenvalue weighted by Gasteiger charge is -2.41. The molecule has 178 valence electrons. The number of hydrogen-bond donors (Lipinski definition) is 1. The first kappa shape index (κ1) is 24.4. The Bertz CT molecular complexity index is 1250. The first-order valence-electron chi connectivity index (χ1n) is 11.3. The number of nitrogens with one attached hydrogen (secondary N) is 1. The summed E-state index contributed by atoms with van der Waals surface area (Å²) in [5.41, 5.74) is 2.21. The van der Waals surface area contributed by atoms with Gasteiger partial charge in [-0.15, -0.1) is 0 Å². The summed E-state index contributed by atoms with van der Waals surface area (Å²) in [5, 5.41) is 0.326. The maximum absolute atomic E-state index is 13.5. The molecule has 0 saturated carbocycles. The van der Waals surface area contributed by atoms with E-state index in [0.717, 1.165) is 5.56 Å². The van der Waals surface area contributed by atoms with Gasteiger partial charge in [0.05, 0.1) is 16.1 Å². The van der Waals surface area contributed by atoms with Crippen LogP contribution in [0.1, 0.15) is 33.6 Å². The van der Waals surface area contributed by atoms with E-state index < -0.39 is 18.3 Å². The predicted molar refractivity (Wildman–Crippen MR) is 137 cm³/mol. The van der Waals surface area contributed by atoms with Crippen LogP contribution in [0.5, 0.6) is 0 Å². The molecule has 9 heteroatoms. The molecule has 3 aromatic rings. The Hall–Kier alpha value is -1.71. The highest BCUT2D eigenvalue weighted by atomic mass is 35.5. The van der Waals surface area contributed by atoms with E-state index in [0.29, 0.717) is 42.8 Å². The quantitative estimate of drug-likeness (QED) is 0.428. The van der Waals surface area contributed by atoms with E-state index in [4.69, 9.17) is 16.0 Å². The summed E-state index contributed by atoms with van der Waals surface area (Å²) in [4.78, 5) is 7.94. The molecule has 2 aromatic carbocycles. The van der Waals surface area contributed by atoms with Gasteiger partial charge in [-0.1, -0.05) is 62.7 Å². The van der Waals surface area contributed by atoms with Gasteiger partial charge in [-0.05, 0) is 43.1 Å². The number of imidazole rings is 1. The minimum atomic E-state index is -3.73. The molecule has 0 amide bonds. The van der Waals surface area contributed by atoms with Crippen molar-refractivity contribution >= 4 is 41.0 Å². The summed E-state index contributed by atoms with van der Waals surface area (Å²) in [6, 6.07) is 12.9. The van der Waals surface area contributed by atoms with Gasteiger partial charge in [0.15, 0.2) is 8.32 Å². The Morgan fingerprint density at radius 2 is 1.76 bits per heavy atom. The fourth-order valence-electron chi connectivity index (χ4n) is 3.86. The number of aromatic nitrogens is 2. The smallest absolute Gasteiger partial charge is 0.244 e. The molecule has 1 aromatic heterocycles. The van der Waals surface area contributed by atoms with E-state index >= 15 is 0 Å². The Kier molecular flexibility index (Phi) is 6.52. The number of benzene rings is 2. The zero-order chi connectivity index (χ0) is 24.0. The van der Waals surface area contributed by atoms with Crippen LogP contribution in [0.3, 0.4) is 0 Å². The summed E-state index contributed by atoms with van der Waals surface area (Å²) in [5.74, 6) is 0.680. The lowest BCUT2D eigenvalue weighted by molar-refractivity contribution is 0.120. The number of nitrogens with zero attached hydrogens (tertiary/aromatic N) is 2. The Morgan fingerprint density at radius 3 is 2.36 bits per heavy atom. The Morgan fingerprint density at radius 1 is 1.12 bits per heavy atom. The number of fused-ring (bicyclic) bond motifs is 1. The fraction of sp³-hybridized carbons (Fsp3) is 0.458. The molecule has 0 aliphatic carbocycles. The highest BCUT2D eigenvalue weighted by molar-refractivity contribution is 7.89. The first-order valence-corrected chi connectivity index (χ1v) is 16.0. The molecule has 33 heavy (non-hydrogen) atoms. The van der Waals surface area contributed by atoms with E-state index in [1.807, 2.05) is 30.3 Å². The molecule has 0 bridgehead atoms. The van der Waals surface area contributed by atoms with E-state index in [2.05, 4.69) is 43.8 Å². The van der Waals surface area contributed by atoms with Crippen molar-refractivity contribution in [3.8, 4) is 11.4 Å².